The molecule has 0 saturated carbocycles. The van der Waals surface area contributed by atoms with Crippen LogP contribution in [-0.2, 0) is 16.8 Å². The molecular weight excluding hydrogens is 254 g/mol. The van der Waals surface area contributed by atoms with Crippen LogP contribution in [0.25, 0.3) is 0 Å². The average molecular weight is 270 g/mol. The number of hydrogen-bond donors (Lipinski definition) is 2. The van der Waals surface area contributed by atoms with E-state index in [0.717, 1.165) is 23.3 Å². The van der Waals surface area contributed by atoms with Crippen molar-refractivity contribution in [2.45, 2.75) is 18.4 Å². The highest BCUT2D eigenvalue weighted by atomic mass is 35.5. The fourth-order valence-corrected chi connectivity index (χ4v) is 2.64. The summed E-state index contributed by atoms with van der Waals surface area (Å²) in [4.78, 5) is 11.5. The molecule has 0 heterocycles. The van der Waals surface area contributed by atoms with Gasteiger partial charge in [-0.15, -0.1) is 11.6 Å². The Balaban J connectivity index is 2.41. The number of halogens is 1. The summed E-state index contributed by atoms with van der Waals surface area (Å²) in [7, 11) is 1.62. The van der Waals surface area contributed by atoms with Gasteiger partial charge in [0.1, 0.15) is 11.6 Å². The lowest BCUT2D eigenvalue weighted by atomic mass is 9.92. The number of rotatable bonds is 4. The molecule has 1 atom stereocenters. The molecule has 0 bridgehead atoms. The number of carbonyl (C=O) groups excluding carboxylic acids is 1. The van der Waals surface area contributed by atoms with Gasteiger partial charge in [0.2, 0.25) is 5.91 Å². The number of nitrogens with one attached hydrogen (secondary N) is 1. The molecule has 4 nitrogen and oxygen atoms in total. The molecular formula is C13H16ClNO3. The second-order valence-electron chi connectivity index (χ2n) is 4.41. The summed E-state index contributed by atoms with van der Waals surface area (Å²) in [6.07, 6.45) is 1.42. The van der Waals surface area contributed by atoms with Gasteiger partial charge < -0.3 is 15.2 Å². The first-order chi connectivity index (χ1) is 8.66. The smallest absolute Gasteiger partial charge is 0.235 e. The van der Waals surface area contributed by atoms with E-state index in [1.165, 1.54) is 0 Å². The van der Waals surface area contributed by atoms with E-state index in [0.29, 0.717) is 6.42 Å². The normalized spacial score (nSPS) is 21.5. The highest BCUT2D eigenvalue weighted by molar-refractivity contribution is 6.27. The van der Waals surface area contributed by atoms with Crippen LogP contribution in [-0.4, -0.2) is 30.6 Å². The minimum Gasteiger partial charge on any atom is -0.496 e. The summed E-state index contributed by atoms with van der Waals surface area (Å²) in [5, 5.41) is 12.5. The summed E-state index contributed by atoms with van der Waals surface area (Å²) in [5.41, 5.74) is 1.24. The van der Waals surface area contributed by atoms with Gasteiger partial charge in [-0.25, -0.2) is 0 Å². The number of carbonyl (C=O) groups is 1. The molecule has 2 rings (SSSR count). The van der Waals surface area contributed by atoms with Crippen molar-refractivity contribution in [2.75, 3.05) is 19.6 Å². The van der Waals surface area contributed by atoms with E-state index >= 15 is 0 Å². The van der Waals surface area contributed by atoms with Crippen molar-refractivity contribution >= 4 is 17.5 Å². The predicted octanol–water partition coefficient (Wildman–Crippen LogP) is 1.18. The van der Waals surface area contributed by atoms with Crippen molar-refractivity contribution in [1.29, 1.82) is 0 Å². The van der Waals surface area contributed by atoms with Gasteiger partial charge in [-0.05, 0) is 30.0 Å². The summed E-state index contributed by atoms with van der Waals surface area (Å²) in [6, 6.07) is 5.66. The summed E-state index contributed by atoms with van der Waals surface area (Å²) < 4.78 is 5.31. The quantitative estimate of drug-likeness (QED) is 0.807. The van der Waals surface area contributed by atoms with Crippen LogP contribution in [0.15, 0.2) is 18.2 Å². The molecule has 0 saturated heterocycles. The van der Waals surface area contributed by atoms with E-state index in [-0.39, 0.29) is 18.4 Å². The molecule has 0 aliphatic heterocycles. The number of methoxy groups -OCH3 is 1. The fraction of sp³-hybridized carbons (Fsp3) is 0.462. The number of alkyl halides is 1. The number of amides is 1. The van der Waals surface area contributed by atoms with Gasteiger partial charge in [-0.1, -0.05) is 12.1 Å². The zero-order valence-electron chi connectivity index (χ0n) is 10.2. The fourth-order valence-electron chi connectivity index (χ4n) is 2.57. The van der Waals surface area contributed by atoms with E-state index in [2.05, 4.69) is 5.32 Å². The van der Waals surface area contributed by atoms with Crippen LogP contribution < -0.4 is 10.1 Å². The lowest BCUT2D eigenvalue weighted by Crippen LogP contribution is -2.47. The molecule has 1 aliphatic carbocycles. The molecule has 2 N–H and O–H groups in total. The maximum absolute atomic E-state index is 11.5. The van der Waals surface area contributed by atoms with Crippen molar-refractivity contribution in [2.24, 2.45) is 0 Å². The SMILES string of the molecule is COc1cccc2c1CCC2(CO)NC(=O)CCl. The molecule has 0 aromatic heterocycles. The van der Waals surface area contributed by atoms with Crippen molar-refractivity contribution < 1.29 is 14.6 Å². The van der Waals surface area contributed by atoms with Gasteiger partial charge >= 0.3 is 0 Å². The standard InChI is InChI=1S/C13H16ClNO3/c1-18-11-4-2-3-10-9(11)5-6-13(10,8-16)15-12(17)7-14/h2-4,16H,5-8H2,1H3,(H,15,17). The topological polar surface area (TPSA) is 58.6 Å². The summed E-state index contributed by atoms with van der Waals surface area (Å²) >= 11 is 5.52. The van der Waals surface area contributed by atoms with E-state index in [1.807, 2.05) is 18.2 Å². The van der Waals surface area contributed by atoms with Gasteiger partial charge in [0.25, 0.3) is 0 Å². The number of hydrogen-bond acceptors (Lipinski definition) is 3. The molecule has 1 aliphatic rings. The zero-order valence-corrected chi connectivity index (χ0v) is 11.0. The van der Waals surface area contributed by atoms with Crippen molar-refractivity contribution in [3.05, 3.63) is 29.3 Å². The largest absolute Gasteiger partial charge is 0.496 e. The summed E-state index contributed by atoms with van der Waals surface area (Å²) in [6.45, 7) is -0.143. The first-order valence-electron chi connectivity index (χ1n) is 5.81. The molecule has 1 amide bonds. The van der Waals surface area contributed by atoms with Gasteiger partial charge in [0, 0.05) is 0 Å². The van der Waals surface area contributed by atoms with Gasteiger partial charge in [-0.2, -0.15) is 0 Å². The molecule has 0 spiro atoms. The zero-order chi connectivity index (χ0) is 13.2. The Morgan fingerprint density at radius 3 is 3.00 bits per heavy atom. The molecule has 0 radical (unpaired) electrons. The maximum atomic E-state index is 11.5. The Kier molecular flexibility index (Phi) is 3.78. The van der Waals surface area contributed by atoms with Crippen molar-refractivity contribution in [1.82, 2.24) is 5.32 Å². The number of fused-ring (bicyclic) bond motifs is 1. The first kappa shape index (κ1) is 13.2. The number of ether oxygens (including phenoxy) is 1. The predicted molar refractivity (Wildman–Crippen MR) is 68.9 cm³/mol. The molecule has 1 aromatic carbocycles. The molecule has 18 heavy (non-hydrogen) atoms. The molecule has 98 valence electrons. The lowest BCUT2D eigenvalue weighted by Gasteiger charge is -2.29. The van der Waals surface area contributed by atoms with E-state index in [1.54, 1.807) is 7.11 Å². The molecule has 5 heteroatoms. The van der Waals surface area contributed by atoms with E-state index in [9.17, 15) is 9.90 Å². The van der Waals surface area contributed by atoms with Gasteiger partial charge in [0.15, 0.2) is 0 Å². The lowest BCUT2D eigenvalue weighted by molar-refractivity contribution is -0.121. The highest BCUT2D eigenvalue weighted by Crippen LogP contribution is 2.40. The Hall–Kier alpha value is -1.26. The first-order valence-corrected chi connectivity index (χ1v) is 6.34. The molecule has 1 aromatic rings. The number of aliphatic hydroxyl groups is 1. The van der Waals surface area contributed by atoms with Crippen LogP contribution in [0, 0.1) is 0 Å². The Morgan fingerprint density at radius 1 is 1.61 bits per heavy atom. The third-order valence-electron chi connectivity index (χ3n) is 3.44. The number of benzene rings is 1. The Morgan fingerprint density at radius 2 is 2.39 bits per heavy atom. The highest BCUT2D eigenvalue weighted by Gasteiger charge is 2.40. The molecule has 0 fully saturated rings. The van der Waals surface area contributed by atoms with Crippen LogP contribution in [0.3, 0.4) is 0 Å². The van der Waals surface area contributed by atoms with Crippen LogP contribution >= 0.6 is 11.6 Å². The third-order valence-corrected chi connectivity index (χ3v) is 3.68. The number of aliphatic hydroxyl groups excluding tert-OH is 1. The van der Waals surface area contributed by atoms with E-state index < -0.39 is 5.54 Å². The maximum Gasteiger partial charge on any atom is 0.235 e. The van der Waals surface area contributed by atoms with Gasteiger partial charge in [-0.3, -0.25) is 4.79 Å². The van der Waals surface area contributed by atoms with Crippen LogP contribution in [0.2, 0.25) is 0 Å². The Bertz CT molecular complexity index is 464. The summed E-state index contributed by atoms with van der Waals surface area (Å²) in [5.74, 6) is 0.408. The second-order valence-corrected chi connectivity index (χ2v) is 4.68. The second kappa shape index (κ2) is 5.16. The van der Waals surface area contributed by atoms with E-state index in [4.69, 9.17) is 16.3 Å². The molecule has 1 unspecified atom stereocenters. The third kappa shape index (κ3) is 2.06. The van der Waals surface area contributed by atoms with Crippen LogP contribution in [0.1, 0.15) is 17.5 Å². The average Bonchev–Trinajstić information content (AvgIpc) is 2.78. The Labute approximate surface area is 111 Å². The van der Waals surface area contributed by atoms with Crippen molar-refractivity contribution in [3.63, 3.8) is 0 Å². The van der Waals surface area contributed by atoms with Crippen molar-refractivity contribution in [3.8, 4) is 5.75 Å². The van der Waals surface area contributed by atoms with Gasteiger partial charge in [0.05, 0.1) is 19.3 Å². The minimum absolute atomic E-state index is 0.110. The monoisotopic (exact) mass is 269 g/mol. The van der Waals surface area contributed by atoms with Crippen LogP contribution in [0.4, 0.5) is 0 Å². The minimum atomic E-state index is -0.726. The van der Waals surface area contributed by atoms with Crippen LogP contribution in [0.5, 0.6) is 5.75 Å².